The van der Waals surface area contributed by atoms with Gasteiger partial charge in [-0.2, -0.15) is 0 Å². The van der Waals surface area contributed by atoms with E-state index in [1.807, 2.05) is 25.1 Å². The molecule has 1 aliphatic heterocycles. The molecule has 0 bridgehead atoms. The second-order valence-electron chi connectivity index (χ2n) is 4.08. The van der Waals surface area contributed by atoms with E-state index in [1.54, 1.807) is 7.11 Å². The number of benzene rings is 1. The van der Waals surface area contributed by atoms with E-state index in [2.05, 4.69) is 12.1 Å². The number of hydrogen-bond acceptors (Lipinski definition) is 3. The molecule has 1 unspecified atom stereocenters. The fraction of sp³-hybridized carbons (Fsp3) is 0.538. The second kappa shape index (κ2) is 5.43. The number of ether oxygens (including phenoxy) is 3. The van der Waals surface area contributed by atoms with Gasteiger partial charge in [0.15, 0.2) is 6.29 Å². The van der Waals surface area contributed by atoms with E-state index in [9.17, 15) is 0 Å². The van der Waals surface area contributed by atoms with E-state index in [0.29, 0.717) is 6.61 Å². The minimum atomic E-state index is -0.115. The van der Waals surface area contributed by atoms with Gasteiger partial charge in [0.2, 0.25) is 0 Å². The van der Waals surface area contributed by atoms with Gasteiger partial charge in [0.1, 0.15) is 0 Å². The molecule has 0 amide bonds. The third-order valence-electron chi connectivity index (χ3n) is 2.88. The summed E-state index contributed by atoms with van der Waals surface area (Å²) in [5.41, 5.74) is 1.19. The number of hydrogen-bond donors (Lipinski definition) is 0. The summed E-state index contributed by atoms with van der Waals surface area (Å²) in [6.45, 7) is 2.66. The van der Waals surface area contributed by atoms with Gasteiger partial charge in [-0.3, -0.25) is 0 Å². The molecule has 1 aromatic carbocycles. The minimum Gasteiger partial charge on any atom is -0.371 e. The molecule has 0 N–H and O–H groups in total. The SMILES string of the molecule is COC1C[C@H](OCc2ccccc2)[C@@H](C)O1. The van der Waals surface area contributed by atoms with Gasteiger partial charge >= 0.3 is 0 Å². The molecule has 2 rings (SSSR count). The molecule has 3 nitrogen and oxygen atoms in total. The molecule has 1 aromatic rings. The summed E-state index contributed by atoms with van der Waals surface area (Å²) in [5, 5.41) is 0. The first-order chi connectivity index (χ1) is 7.79. The van der Waals surface area contributed by atoms with Crippen molar-refractivity contribution in [3.8, 4) is 0 Å². The Kier molecular flexibility index (Phi) is 3.93. The van der Waals surface area contributed by atoms with E-state index >= 15 is 0 Å². The van der Waals surface area contributed by atoms with Crippen LogP contribution < -0.4 is 0 Å². The molecule has 16 heavy (non-hydrogen) atoms. The van der Waals surface area contributed by atoms with Crippen LogP contribution in [-0.2, 0) is 20.8 Å². The zero-order valence-corrected chi connectivity index (χ0v) is 9.76. The van der Waals surface area contributed by atoms with Crippen LogP contribution in [0.1, 0.15) is 18.9 Å². The molecule has 1 fully saturated rings. The first-order valence-corrected chi connectivity index (χ1v) is 5.63. The van der Waals surface area contributed by atoms with Crippen molar-refractivity contribution in [2.45, 2.75) is 38.4 Å². The maximum absolute atomic E-state index is 5.83. The quantitative estimate of drug-likeness (QED) is 0.782. The largest absolute Gasteiger partial charge is 0.371 e. The van der Waals surface area contributed by atoms with E-state index < -0.39 is 0 Å². The van der Waals surface area contributed by atoms with Crippen molar-refractivity contribution in [3.05, 3.63) is 35.9 Å². The molecule has 0 aliphatic carbocycles. The van der Waals surface area contributed by atoms with Gasteiger partial charge in [0.05, 0.1) is 18.8 Å². The summed E-state index contributed by atoms with van der Waals surface area (Å²) in [6.07, 6.45) is 0.930. The summed E-state index contributed by atoms with van der Waals surface area (Å²) in [6, 6.07) is 10.2. The van der Waals surface area contributed by atoms with Crippen molar-refractivity contribution in [2.75, 3.05) is 7.11 Å². The van der Waals surface area contributed by atoms with E-state index in [-0.39, 0.29) is 18.5 Å². The Morgan fingerprint density at radius 3 is 2.69 bits per heavy atom. The van der Waals surface area contributed by atoms with Gasteiger partial charge in [0, 0.05) is 13.5 Å². The molecule has 1 saturated heterocycles. The molecular formula is C13H18O3. The average Bonchev–Trinajstić information content (AvgIpc) is 2.69. The lowest BCUT2D eigenvalue weighted by molar-refractivity contribution is -0.114. The molecule has 0 aromatic heterocycles. The predicted octanol–water partition coefficient (Wildman–Crippen LogP) is 2.35. The molecular weight excluding hydrogens is 204 g/mol. The van der Waals surface area contributed by atoms with E-state index in [0.717, 1.165) is 6.42 Å². The second-order valence-corrected chi connectivity index (χ2v) is 4.08. The van der Waals surface area contributed by atoms with Crippen molar-refractivity contribution in [3.63, 3.8) is 0 Å². The van der Waals surface area contributed by atoms with Crippen LogP contribution >= 0.6 is 0 Å². The Morgan fingerprint density at radius 1 is 1.31 bits per heavy atom. The van der Waals surface area contributed by atoms with Crippen molar-refractivity contribution < 1.29 is 14.2 Å². The van der Waals surface area contributed by atoms with Gasteiger partial charge in [-0.1, -0.05) is 30.3 Å². The standard InChI is InChI=1S/C13H18O3/c1-10-12(8-13(14-2)16-10)15-9-11-6-4-3-5-7-11/h3-7,10,12-13H,8-9H2,1-2H3/t10-,12+,13?/m1/s1. The van der Waals surface area contributed by atoms with Crippen LogP contribution in [0.4, 0.5) is 0 Å². The summed E-state index contributed by atoms with van der Waals surface area (Å²) >= 11 is 0. The van der Waals surface area contributed by atoms with Crippen molar-refractivity contribution >= 4 is 0 Å². The van der Waals surface area contributed by atoms with Crippen molar-refractivity contribution in [1.82, 2.24) is 0 Å². The highest BCUT2D eigenvalue weighted by molar-refractivity contribution is 5.13. The maximum atomic E-state index is 5.83. The Bertz CT molecular complexity index is 312. The Balaban J connectivity index is 1.82. The van der Waals surface area contributed by atoms with Crippen LogP contribution in [0.5, 0.6) is 0 Å². The average molecular weight is 222 g/mol. The first-order valence-electron chi connectivity index (χ1n) is 5.63. The normalized spacial score (nSPS) is 29.5. The summed E-state index contributed by atoms with van der Waals surface area (Å²) in [4.78, 5) is 0. The minimum absolute atomic E-state index is 0.105. The molecule has 88 valence electrons. The Hall–Kier alpha value is -0.900. The number of rotatable bonds is 4. The van der Waals surface area contributed by atoms with Crippen LogP contribution in [0, 0.1) is 0 Å². The molecule has 0 saturated carbocycles. The van der Waals surface area contributed by atoms with Gasteiger partial charge in [0.25, 0.3) is 0 Å². The summed E-state index contributed by atoms with van der Waals surface area (Å²) < 4.78 is 16.6. The van der Waals surface area contributed by atoms with Gasteiger partial charge in [-0.15, -0.1) is 0 Å². The summed E-state index contributed by atoms with van der Waals surface area (Å²) in [7, 11) is 1.66. The lowest BCUT2D eigenvalue weighted by atomic mass is 10.2. The molecule has 1 aliphatic rings. The molecule has 0 spiro atoms. The highest BCUT2D eigenvalue weighted by Crippen LogP contribution is 2.24. The first kappa shape index (κ1) is 11.6. The predicted molar refractivity (Wildman–Crippen MR) is 61.0 cm³/mol. The van der Waals surface area contributed by atoms with Crippen LogP contribution in [0.15, 0.2) is 30.3 Å². The lowest BCUT2D eigenvalue weighted by Crippen LogP contribution is -2.20. The smallest absolute Gasteiger partial charge is 0.160 e. The highest BCUT2D eigenvalue weighted by Gasteiger charge is 2.32. The van der Waals surface area contributed by atoms with Crippen LogP contribution in [0.3, 0.4) is 0 Å². The zero-order valence-electron chi connectivity index (χ0n) is 9.76. The zero-order chi connectivity index (χ0) is 11.4. The maximum Gasteiger partial charge on any atom is 0.160 e. The molecule has 3 atom stereocenters. The third kappa shape index (κ3) is 2.82. The van der Waals surface area contributed by atoms with Gasteiger partial charge in [-0.25, -0.2) is 0 Å². The van der Waals surface area contributed by atoms with Gasteiger partial charge in [-0.05, 0) is 12.5 Å². The van der Waals surface area contributed by atoms with Crippen LogP contribution in [0.25, 0.3) is 0 Å². The fourth-order valence-electron chi connectivity index (χ4n) is 1.90. The Labute approximate surface area is 96.3 Å². The lowest BCUT2D eigenvalue weighted by Gasteiger charge is -2.14. The van der Waals surface area contributed by atoms with Crippen molar-refractivity contribution in [1.29, 1.82) is 0 Å². The fourth-order valence-corrected chi connectivity index (χ4v) is 1.90. The van der Waals surface area contributed by atoms with E-state index in [4.69, 9.17) is 14.2 Å². The monoisotopic (exact) mass is 222 g/mol. The highest BCUT2D eigenvalue weighted by atomic mass is 16.7. The van der Waals surface area contributed by atoms with Crippen LogP contribution in [0.2, 0.25) is 0 Å². The van der Waals surface area contributed by atoms with Gasteiger partial charge < -0.3 is 14.2 Å². The third-order valence-corrected chi connectivity index (χ3v) is 2.88. The Morgan fingerprint density at radius 2 is 2.06 bits per heavy atom. The number of methoxy groups -OCH3 is 1. The van der Waals surface area contributed by atoms with Crippen LogP contribution in [-0.4, -0.2) is 25.6 Å². The van der Waals surface area contributed by atoms with E-state index in [1.165, 1.54) is 5.56 Å². The molecule has 0 radical (unpaired) electrons. The summed E-state index contributed by atoms with van der Waals surface area (Å²) in [5.74, 6) is 0. The molecule has 1 heterocycles. The van der Waals surface area contributed by atoms with Crippen molar-refractivity contribution in [2.24, 2.45) is 0 Å². The topological polar surface area (TPSA) is 27.7 Å². The molecule has 3 heteroatoms.